The number of non-ortho nitro benzene ring substituents is 2. The normalized spacial score (nSPS) is 10.2. The Hall–Kier alpha value is -5.07. The molecule has 0 spiro atoms. The number of ether oxygens (including phenoxy) is 2. The van der Waals surface area contributed by atoms with Crippen LogP contribution in [-0.4, -0.2) is 40.1 Å². The number of amides is 2. The van der Waals surface area contributed by atoms with Crippen LogP contribution in [0.4, 0.5) is 21.0 Å². The summed E-state index contributed by atoms with van der Waals surface area (Å²) in [7, 11) is 0. The molecule has 13 nitrogen and oxygen atoms in total. The number of hydrogen-bond acceptors (Lipinski definition) is 9. The van der Waals surface area contributed by atoms with Crippen molar-refractivity contribution in [1.29, 1.82) is 0 Å². The average Bonchev–Trinajstić information content (AvgIpc) is 2.86. The molecule has 186 valence electrons. The maximum atomic E-state index is 11.9. The fraction of sp³-hybridized carbons (Fsp3) is 0.174. The molecule has 13 heteroatoms. The topological polar surface area (TPSA) is 176 Å². The van der Waals surface area contributed by atoms with Crippen molar-refractivity contribution in [3.8, 4) is 11.6 Å². The smallest absolute Gasteiger partial charge is 0.409 e. The van der Waals surface area contributed by atoms with Crippen molar-refractivity contribution in [2.75, 3.05) is 13.1 Å². The first-order valence-corrected chi connectivity index (χ1v) is 10.6. The molecule has 3 aromatic rings. The lowest BCUT2D eigenvalue weighted by Gasteiger charge is -2.08. The number of nitrogens with zero attached hydrogens (tertiary/aromatic N) is 3. The fourth-order valence-electron chi connectivity index (χ4n) is 2.95. The SMILES string of the molecule is O=C(NCCc1ccc([N+](=O)[O-])cc1)Oc1ccc(OC(=O)NCCc2ccc([N+](=O)[O-])cc2)nc1. The standard InChI is InChI=1S/C23H21N5O8/c29-22(24-13-11-16-1-5-18(6-2-16)27(31)32)35-20-9-10-21(26-15-20)36-23(30)25-14-12-17-3-7-19(8-4-17)28(33)34/h1-10,15H,11-14H2,(H,24,29)(H,25,30). The van der Waals surface area contributed by atoms with E-state index in [1.807, 2.05) is 0 Å². The molecule has 0 unspecified atom stereocenters. The Labute approximate surface area is 204 Å². The maximum Gasteiger partial charge on any atom is 0.413 e. The van der Waals surface area contributed by atoms with E-state index in [1.165, 1.54) is 42.6 Å². The highest BCUT2D eigenvalue weighted by Gasteiger charge is 2.09. The van der Waals surface area contributed by atoms with Gasteiger partial charge in [0.2, 0.25) is 5.88 Å². The van der Waals surface area contributed by atoms with Crippen LogP contribution in [0.15, 0.2) is 66.9 Å². The molecule has 2 N–H and O–H groups in total. The van der Waals surface area contributed by atoms with E-state index in [4.69, 9.17) is 9.47 Å². The zero-order valence-corrected chi connectivity index (χ0v) is 18.8. The zero-order chi connectivity index (χ0) is 25.9. The van der Waals surface area contributed by atoms with Gasteiger partial charge >= 0.3 is 12.2 Å². The van der Waals surface area contributed by atoms with Crippen LogP contribution < -0.4 is 20.1 Å². The van der Waals surface area contributed by atoms with Crippen LogP contribution in [0.3, 0.4) is 0 Å². The highest BCUT2D eigenvalue weighted by atomic mass is 16.6. The van der Waals surface area contributed by atoms with Crippen LogP contribution in [0.1, 0.15) is 11.1 Å². The first-order valence-electron chi connectivity index (χ1n) is 10.6. The predicted octanol–water partition coefficient (Wildman–Crippen LogP) is 3.56. The molecule has 0 bridgehead atoms. The number of nitro groups is 2. The molecule has 0 radical (unpaired) electrons. The summed E-state index contributed by atoms with van der Waals surface area (Å²) >= 11 is 0. The highest BCUT2D eigenvalue weighted by molar-refractivity contribution is 5.71. The van der Waals surface area contributed by atoms with Crippen LogP contribution in [0, 0.1) is 20.2 Å². The van der Waals surface area contributed by atoms with Gasteiger partial charge in [-0.15, -0.1) is 0 Å². The van der Waals surface area contributed by atoms with Gasteiger partial charge in [-0.25, -0.2) is 14.6 Å². The highest BCUT2D eigenvalue weighted by Crippen LogP contribution is 2.15. The molecule has 0 fully saturated rings. The second-order valence-electron chi connectivity index (χ2n) is 7.31. The number of carbonyl (C=O) groups excluding carboxylic acids is 2. The number of hydrogen-bond donors (Lipinski definition) is 2. The minimum absolute atomic E-state index is 0.00577. The zero-order valence-electron chi connectivity index (χ0n) is 18.8. The van der Waals surface area contributed by atoms with E-state index in [1.54, 1.807) is 24.3 Å². The molecule has 3 rings (SSSR count). The Bertz CT molecular complexity index is 1120. The maximum absolute atomic E-state index is 11.9. The van der Waals surface area contributed by atoms with Crippen LogP contribution in [0.2, 0.25) is 0 Å². The molecule has 0 saturated heterocycles. The van der Waals surface area contributed by atoms with Gasteiger partial charge in [-0.1, -0.05) is 24.3 Å². The second-order valence-corrected chi connectivity index (χ2v) is 7.31. The molecule has 1 aromatic heterocycles. The number of carbonyl (C=O) groups is 2. The van der Waals surface area contributed by atoms with Gasteiger partial charge in [-0.2, -0.15) is 0 Å². The van der Waals surface area contributed by atoms with Gasteiger partial charge in [-0.3, -0.25) is 20.2 Å². The molecule has 0 saturated carbocycles. The van der Waals surface area contributed by atoms with E-state index in [-0.39, 0.29) is 36.1 Å². The molecule has 1 heterocycles. The Morgan fingerprint density at radius 3 is 1.61 bits per heavy atom. The average molecular weight is 495 g/mol. The van der Waals surface area contributed by atoms with Crippen molar-refractivity contribution in [1.82, 2.24) is 15.6 Å². The first kappa shape index (κ1) is 25.6. The van der Waals surface area contributed by atoms with E-state index in [9.17, 15) is 29.8 Å². The minimum atomic E-state index is -0.734. The Balaban J connectivity index is 1.35. The molecule has 2 amide bonds. The van der Waals surface area contributed by atoms with Crippen molar-refractivity contribution < 1.29 is 28.9 Å². The first-order chi connectivity index (χ1) is 17.3. The number of rotatable bonds is 10. The van der Waals surface area contributed by atoms with Gasteiger partial charge in [0.1, 0.15) is 0 Å². The Morgan fingerprint density at radius 1 is 0.722 bits per heavy atom. The molecule has 0 aliphatic rings. The van der Waals surface area contributed by atoms with Crippen LogP contribution >= 0.6 is 0 Å². The third-order valence-corrected chi connectivity index (χ3v) is 4.78. The second kappa shape index (κ2) is 12.4. The van der Waals surface area contributed by atoms with Crippen LogP contribution in [0.5, 0.6) is 11.6 Å². The molecule has 0 aliphatic carbocycles. The number of benzene rings is 2. The summed E-state index contributed by atoms with van der Waals surface area (Å²) in [4.78, 5) is 48.1. The van der Waals surface area contributed by atoms with Gasteiger partial charge in [0.15, 0.2) is 5.75 Å². The predicted molar refractivity (Wildman–Crippen MR) is 126 cm³/mol. The fourth-order valence-corrected chi connectivity index (χ4v) is 2.95. The summed E-state index contributed by atoms with van der Waals surface area (Å²) in [6.07, 6.45) is 0.679. The Morgan fingerprint density at radius 2 is 1.19 bits per heavy atom. The lowest BCUT2D eigenvalue weighted by molar-refractivity contribution is -0.385. The van der Waals surface area contributed by atoms with Gasteiger partial charge in [-0.05, 0) is 30.0 Å². The van der Waals surface area contributed by atoms with E-state index in [0.29, 0.717) is 12.8 Å². The van der Waals surface area contributed by atoms with Crippen molar-refractivity contribution in [2.45, 2.75) is 12.8 Å². The van der Waals surface area contributed by atoms with E-state index in [0.717, 1.165) is 11.1 Å². The summed E-state index contributed by atoms with van der Waals surface area (Å²) in [6.45, 7) is 0.503. The molecule has 2 aromatic carbocycles. The van der Waals surface area contributed by atoms with E-state index >= 15 is 0 Å². The molecule has 0 atom stereocenters. The number of aromatic nitrogens is 1. The van der Waals surface area contributed by atoms with Crippen molar-refractivity contribution in [3.05, 3.63) is 98.2 Å². The van der Waals surface area contributed by atoms with Gasteiger partial charge < -0.3 is 20.1 Å². The molecular weight excluding hydrogens is 474 g/mol. The van der Waals surface area contributed by atoms with Crippen LogP contribution in [0.25, 0.3) is 0 Å². The quantitative estimate of drug-likeness (QED) is 0.314. The van der Waals surface area contributed by atoms with E-state index in [2.05, 4.69) is 15.6 Å². The number of nitro benzene ring substituents is 2. The Kier molecular flexibility index (Phi) is 8.81. The third kappa shape index (κ3) is 8.06. The molecule has 0 aliphatic heterocycles. The summed E-state index contributed by atoms with van der Waals surface area (Å²) in [5.74, 6) is 0.127. The van der Waals surface area contributed by atoms with Crippen molar-refractivity contribution >= 4 is 23.6 Å². The van der Waals surface area contributed by atoms with Gasteiger partial charge in [0, 0.05) is 43.4 Å². The summed E-state index contributed by atoms with van der Waals surface area (Å²) in [6, 6.07) is 14.8. The monoisotopic (exact) mass is 495 g/mol. The van der Waals surface area contributed by atoms with Crippen molar-refractivity contribution in [3.63, 3.8) is 0 Å². The lowest BCUT2D eigenvalue weighted by Crippen LogP contribution is -2.29. The van der Waals surface area contributed by atoms with E-state index < -0.39 is 22.0 Å². The molecule has 36 heavy (non-hydrogen) atoms. The van der Waals surface area contributed by atoms with Gasteiger partial charge in [0.05, 0.1) is 16.0 Å². The largest absolute Gasteiger partial charge is 0.413 e. The summed E-state index contributed by atoms with van der Waals surface area (Å²) in [5.41, 5.74) is 1.61. The number of nitrogens with one attached hydrogen (secondary N) is 2. The summed E-state index contributed by atoms with van der Waals surface area (Å²) in [5, 5.41) is 26.4. The van der Waals surface area contributed by atoms with Crippen molar-refractivity contribution in [2.24, 2.45) is 0 Å². The van der Waals surface area contributed by atoms with Gasteiger partial charge in [0.25, 0.3) is 11.4 Å². The summed E-state index contributed by atoms with van der Waals surface area (Å²) < 4.78 is 10.2. The minimum Gasteiger partial charge on any atom is -0.409 e. The third-order valence-electron chi connectivity index (χ3n) is 4.78. The molecular formula is C23H21N5O8. The lowest BCUT2D eigenvalue weighted by atomic mass is 10.1. The van der Waals surface area contributed by atoms with Crippen LogP contribution in [-0.2, 0) is 12.8 Å². The number of pyridine rings is 1.